The summed E-state index contributed by atoms with van der Waals surface area (Å²) in [5.74, 6) is 1.61. The molecule has 3 rings (SSSR count). The van der Waals surface area contributed by atoms with Crippen LogP contribution < -0.4 is 5.32 Å². The molecule has 1 saturated carbocycles. The molecular weight excluding hydrogens is 234 g/mol. The Hall–Kier alpha value is -1.56. The van der Waals surface area contributed by atoms with Crippen molar-refractivity contribution in [3.63, 3.8) is 0 Å². The van der Waals surface area contributed by atoms with E-state index in [9.17, 15) is 0 Å². The molecule has 17 heavy (non-hydrogen) atoms. The van der Waals surface area contributed by atoms with Gasteiger partial charge in [0.15, 0.2) is 0 Å². The van der Waals surface area contributed by atoms with Crippen LogP contribution in [0.15, 0.2) is 12.4 Å². The van der Waals surface area contributed by atoms with E-state index in [1.807, 2.05) is 6.92 Å². The van der Waals surface area contributed by atoms with Crippen LogP contribution in [0, 0.1) is 6.92 Å². The number of aromatic nitrogens is 4. The zero-order valence-corrected chi connectivity index (χ0v) is 10.4. The van der Waals surface area contributed by atoms with E-state index in [-0.39, 0.29) is 0 Å². The second-order valence-electron chi connectivity index (χ2n) is 4.23. The fraction of sp³-hybridized carbons (Fsp3) is 0.455. The van der Waals surface area contributed by atoms with Crippen LogP contribution in [0.4, 0.5) is 5.13 Å². The van der Waals surface area contributed by atoms with Crippen molar-refractivity contribution in [2.45, 2.75) is 32.2 Å². The third kappa shape index (κ3) is 2.58. The maximum absolute atomic E-state index is 4.45. The van der Waals surface area contributed by atoms with Crippen LogP contribution in [0.25, 0.3) is 0 Å². The normalized spacial score (nSPS) is 14.9. The standard InChI is InChI=1S/C11H13N5S/c1-7-4-13-9(5-12-7)6-14-11-15-10(16-17-11)8-2-3-8/h4-5,8H,2-3,6H2,1H3,(H,14,15,16). The first-order valence-corrected chi connectivity index (χ1v) is 6.43. The van der Waals surface area contributed by atoms with E-state index >= 15 is 0 Å². The van der Waals surface area contributed by atoms with Gasteiger partial charge in [0.05, 0.1) is 24.1 Å². The molecule has 88 valence electrons. The van der Waals surface area contributed by atoms with Crippen molar-refractivity contribution < 1.29 is 0 Å². The lowest BCUT2D eigenvalue weighted by molar-refractivity contribution is 0.960. The predicted molar refractivity (Wildman–Crippen MR) is 66.0 cm³/mol. The molecule has 1 fully saturated rings. The first-order valence-electron chi connectivity index (χ1n) is 5.66. The monoisotopic (exact) mass is 247 g/mol. The van der Waals surface area contributed by atoms with Gasteiger partial charge in [0.25, 0.3) is 0 Å². The number of rotatable bonds is 4. The summed E-state index contributed by atoms with van der Waals surface area (Å²) in [6, 6.07) is 0. The zero-order valence-electron chi connectivity index (χ0n) is 9.55. The maximum atomic E-state index is 4.45. The van der Waals surface area contributed by atoms with Crippen molar-refractivity contribution in [3.8, 4) is 0 Å². The Morgan fingerprint density at radius 3 is 2.94 bits per heavy atom. The zero-order chi connectivity index (χ0) is 11.7. The van der Waals surface area contributed by atoms with Crippen molar-refractivity contribution in [1.82, 2.24) is 19.3 Å². The Morgan fingerprint density at radius 2 is 2.24 bits per heavy atom. The minimum Gasteiger partial charge on any atom is -0.355 e. The van der Waals surface area contributed by atoms with Crippen LogP contribution in [0.2, 0.25) is 0 Å². The van der Waals surface area contributed by atoms with E-state index in [0.29, 0.717) is 12.5 Å². The Kier molecular flexibility index (Phi) is 2.72. The van der Waals surface area contributed by atoms with Gasteiger partial charge in [-0.2, -0.15) is 4.37 Å². The van der Waals surface area contributed by atoms with Gasteiger partial charge in [-0.3, -0.25) is 9.97 Å². The van der Waals surface area contributed by atoms with Gasteiger partial charge >= 0.3 is 0 Å². The number of anilines is 1. The van der Waals surface area contributed by atoms with E-state index < -0.39 is 0 Å². The minimum atomic E-state index is 0.612. The van der Waals surface area contributed by atoms with Gasteiger partial charge in [-0.1, -0.05) is 0 Å². The number of hydrogen-bond acceptors (Lipinski definition) is 6. The molecule has 0 unspecified atom stereocenters. The maximum Gasteiger partial charge on any atom is 0.202 e. The Labute approximate surface area is 104 Å². The number of nitrogens with zero attached hydrogens (tertiary/aromatic N) is 4. The molecule has 1 N–H and O–H groups in total. The summed E-state index contributed by atoms with van der Waals surface area (Å²) < 4.78 is 4.34. The predicted octanol–water partition coefficient (Wildman–Crippen LogP) is 2.13. The Balaban J connectivity index is 1.60. The largest absolute Gasteiger partial charge is 0.355 e. The SMILES string of the molecule is Cc1cnc(CNc2nc(C3CC3)ns2)cn1. The molecule has 5 nitrogen and oxygen atoms in total. The second kappa shape index (κ2) is 4.37. The summed E-state index contributed by atoms with van der Waals surface area (Å²) in [4.78, 5) is 12.9. The molecule has 0 spiro atoms. The fourth-order valence-corrected chi connectivity index (χ4v) is 2.13. The van der Waals surface area contributed by atoms with E-state index in [1.54, 1.807) is 12.4 Å². The molecule has 0 aromatic carbocycles. The summed E-state index contributed by atoms with van der Waals surface area (Å²) in [6.07, 6.45) is 6.02. The van der Waals surface area contributed by atoms with Crippen molar-refractivity contribution >= 4 is 16.7 Å². The molecule has 2 aromatic rings. The summed E-state index contributed by atoms with van der Waals surface area (Å²) in [7, 11) is 0. The second-order valence-corrected chi connectivity index (χ2v) is 4.99. The van der Waals surface area contributed by atoms with Crippen LogP contribution >= 0.6 is 11.5 Å². The lowest BCUT2D eigenvalue weighted by Gasteiger charge is -2.00. The van der Waals surface area contributed by atoms with Crippen molar-refractivity contribution in [1.29, 1.82) is 0 Å². The molecule has 0 saturated heterocycles. The molecular formula is C11H13N5S. The number of hydrogen-bond donors (Lipinski definition) is 1. The molecule has 1 aliphatic rings. The van der Waals surface area contributed by atoms with Gasteiger partial charge in [-0.15, -0.1) is 0 Å². The molecule has 0 radical (unpaired) electrons. The first-order chi connectivity index (χ1) is 8.31. The van der Waals surface area contributed by atoms with Crippen molar-refractivity contribution in [3.05, 3.63) is 29.6 Å². The average Bonchev–Trinajstić information content (AvgIpc) is 3.09. The molecule has 0 amide bonds. The van der Waals surface area contributed by atoms with E-state index in [4.69, 9.17) is 0 Å². The Morgan fingerprint density at radius 1 is 1.35 bits per heavy atom. The fourth-order valence-electron chi connectivity index (χ4n) is 1.49. The average molecular weight is 247 g/mol. The molecule has 0 bridgehead atoms. The van der Waals surface area contributed by atoms with Gasteiger partial charge in [0.2, 0.25) is 5.13 Å². The van der Waals surface area contributed by atoms with Crippen LogP contribution in [0.1, 0.15) is 36.0 Å². The molecule has 6 heteroatoms. The molecule has 2 aromatic heterocycles. The number of aryl methyl sites for hydroxylation is 1. The quantitative estimate of drug-likeness (QED) is 0.896. The minimum absolute atomic E-state index is 0.612. The van der Waals surface area contributed by atoms with Crippen LogP contribution in [0.3, 0.4) is 0 Å². The third-order valence-corrected chi connectivity index (χ3v) is 3.33. The van der Waals surface area contributed by atoms with Gasteiger partial charge in [-0.05, 0) is 19.8 Å². The summed E-state index contributed by atoms with van der Waals surface area (Å²) in [6.45, 7) is 2.57. The topological polar surface area (TPSA) is 63.6 Å². The van der Waals surface area contributed by atoms with E-state index in [0.717, 1.165) is 22.3 Å². The lowest BCUT2D eigenvalue weighted by Crippen LogP contribution is -2.02. The molecule has 2 heterocycles. The van der Waals surface area contributed by atoms with Crippen LogP contribution in [-0.4, -0.2) is 19.3 Å². The van der Waals surface area contributed by atoms with E-state index in [2.05, 4.69) is 24.6 Å². The third-order valence-electron chi connectivity index (χ3n) is 2.64. The summed E-state index contributed by atoms with van der Waals surface area (Å²) >= 11 is 1.42. The summed E-state index contributed by atoms with van der Waals surface area (Å²) in [5, 5.41) is 4.10. The number of nitrogens with one attached hydrogen (secondary N) is 1. The highest BCUT2D eigenvalue weighted by atomic mass is 32.1. The lowest BCUT2D eigenvalue weighted by atomic mass is 10.4. The van der Waals surface area contributed by atoms with Gasteiger partial charge < -0.3 is 5.32 Å². The Bertz CT molecular complexity index is 503. The molecule has 0 aliphatic heterocycles. The summed E-state index contributed by atoms with van der Waals surface area (Å²) in [5.41, 5.74) is 1.85. The highest BCUT2D eigenvalue weighted by Gasteiger charge is 2.27. The first kappa shape index (κ1) is 10.6. The van der Waals surface area contributed by atoms with E-state index in [1.165, 1.54) is 24.4 Å². The van der Waals surface area contributed by atoms with Crippen LogP contribution in [-0.2, 0) is 6.54 Å². The van der Waals surface area contributed by atoms with Gasteiger partial charge in [0, 0.05) is 23.6 Å². The highest BCUT2D eigenvalue weighted by molar-refractivity contribution is 7.09. The van der Waals surface area contributed by atoms with Crippen LogP contribution in [0.5, 0.6) is 0 Å². The van der Waals surface area contributed by atoms with Gasteiger partial charge in [0.1, 0.15) is 5.82 Å². The van der Waals surface area contributed by atoms with Gasteiger partial charge in [-0.25, -0.2) is 4.98 Å². The van der Waals surface area contributed by atoms with Crippen molar-refractivity contribution in [2.24, 2.45) is 0 Å². The smallest absolute Gasteiger partial charge is 0.202 e. The van der Waals surface area contributed by atoms with Crippen molar-refractivity contribution in [2.75, 3.05) is 5.32 Å². The highest BCUT2D eigenvalue weighted by Crippen LogP contribution is 2.39. The molecule has 1 aliphatic carbocycles. The molecule has 0 atom stereocenters.